The van der Waals surface area contributed by atoms with Gasteiger partial charge in [0, 0.05) is 18.8 Å². The fraction of sp³-hybridized carbons (Fsp3) is 0.611. The number of carboxylic acid groups (broad SMARTS) is 1. The van der Waals surface area contributed by atoms with E-state index in [1.165, 1.54) is 36.9 Å². The first-order valence-corrected chi connectivity index (χ1v) is 8.10. The van der Waals surface area contributed by atoms with Crippen LogP contribution in [0.15, 0.2) is 18.2 Å². The Labute approximate surface area is 127 Å². The van der Waals surface area contributed by atoms with Crippen LogP contribution in [0.2, 0.25) is 0 Å². The summed E-state index contributed by atoms with van der Waals surface area (Å²) in [7, 11) is 0. The van der Waals surface area contributed by atoms with Crippen molar-refractivity contribution >= 4 is 11.7 Å². The Bertz CT molecular complexity index is 544. The van der Waals surface area contributed by atoms with Crippen molar-refractivity contribution in [1.29, 1.82) is 0 Å². The fourth-order valence-corrected chi connectivity index (χ4v) is 3.65. The molecule has 3 nitrogen and oxygen atoms in total. The fourth-order valence-electron chi connectivity index (χ4n) is 3.65. The molecule has 0 unspecified atom stereocenters. The van der Waals surface area contributed by atoms with Crippen LogP contribution in [0.5, 0.6) is 0 Å². The van der Waals surface area contributed by atoms with E-state index in [4.69, 9.17) is 0 Å². The quantitative estimate of drug-likeness (QED) is 0.920. The van der Waals surface area contributed by atoms with Crippen molar-refractivity contribution in [2.45, 2.75) is 51.4 Å². The van der Waals surface area contributed by atoms with Gasteiger partial charge in [0.2, 0.25) is 0 Å². The van der Waals surface area contributed by atoms with Crippen molar-refractivity contribution in [3.05, 3.63) is 29.3 Å². The third kappa shape index (κ3) is 2.66. The van der Waals surface area contributed by atoms with Crippen molar-refractivity contribution in [1.82, 2.24) is 0 Å². The lowest BCUT2D eigenvalue weighted by molar-refractivity contribution is -0.142. The molecule has 1 aliphatic carbocycles. The molecule has 0 bridgehead atoms. The topological polar surface area (TPSA) is 40.5 Å². The van der Waals surface area contributed by atoms with Gasteiger partial charge < -0.3 is 10.0 Å². The molecule has 1 aromatic rings. The summed E-state index contributed by atoms with van der Waals surface area (Å²) >= 11 is 0. The molecule has 21 heavy (non-hydrogen) atoms. The lowest BCUT2D eigenvalue weighted by atomic mass is 9.84. The van der Waals surface area contributed by atoms with Crippen LogP contribution < -0.4 is 4.90 Å². The molecule has 3 heteroatoms. The van der Waals surface area contributed by atoms with E-state index in [2.05, 4.69) is 17.0 Å². The van der Waals surface area contributed by atoms with Gasteiger partial charge in [-0.3, -0.25) is 4.79 Å². The van der Waals surface area contributed by atoms with E-state index < -0.39 is 11.4 Å². The summed E-state index contributed by atoms with van der Waals surface area (Å²) in [5.74, 6) is 0.0647. The maximum absolute atomic E-state index is 11.5. The zero-order chi connectivity index (χ0) is 15.0. The molecule has 0 atom stereocenters. The highest BCUT2D eigenvalue weighted by Crippen LogP contribution is 2.36. The Balaban J connectivity index is 1.85. The number of carbonyl (C=O) groups is 1. The van der Waals surface area contributed by atoms with Crippen molar-refractivity contribution in [3.8, 4) is 0 Å². The SMILES string of the molecule is CC(C)(C(=O)O)c1ccc2c(c1)N(CC1CCCC1)CC2. The van der Waals surface area contributed by atoms with Crippen LogP contribution in [-0.2, 0) is 16.6 Å². The van der Waals surface area contributed by atoms with E-state index in [-0.39, 0.29) is 0 Å². The monoisotopic (exact) mass is 287 g/mol. The molecule has 1 fully saturated rings. The van der Waals surface area contributed by atoms with Crippen LogP contribution in [0.25, 0.3) is 0 Å². The van der Waals surface area contributed by atoms with E-state index >= 15 is 0 Å². The first kappa shape index (κ1) is 14.4. The highest BCUT2D eigenvalue weighted by atomic mass is 16.4. The molecule has 0 saturated heterocycles. The van der Waals surface area contributed by atoms with E-state index in [0.29, 0.717) is 0 Å². The Morgan fingerprint density at radius 1 is 1.33 bits per heavy atom. The van der Waals surface area contributed by atoms with E-state index in [9.17, 15) is 9.90 Å². The number of fused-ring (bicyclic) bond motifs is 1. The van der Waals surface area contributed by atoms with Gasteiger partial charge in [0.15, 0.2) is 0 Å². The average molecular weight is 287 g/mol. The Hall–Kier alpha value is -1.51. The average Bonchev–Trinajstić information content (AvgIpc) is 3.09. The van der Waals surface area contributed by atoms with Gasteiger partial charge in [0.05, 0.1) is 5.41 Å². The Morgan fingerprint density at radius 3 is 2.71 bits per heavy atom. The number of benzene rings is 1. The maximum Gasteiger partial charge on any atom is 0.313 e. The minimum absolute atomic E-state index is 0.761. The molecule has 1 heterocycles. The highest BCUT2D eigenvalue weighted by molar-refractivity contribution is 5.81. The van der Waals surface area contributed by atoms with Crippen LogP contribution in [0, 0.1) is 5.92 Å². The Kier molecular flexibility index (Phi) is 3.68. The maximum atomic E-state index is 11.5. The summed E-state index contributed by atoms with van der Waals surface area (Å²) in [6.07, 6.45) is 6.54. The predicted molar refractivity (Wildman–Crippen MR) is 85.0 cm³/mol. The first-order valence-electron chi connectivity index (χ1n) is 8.10. The normalized spacial score (nSPS) is 19.0. The zero-order valence-electron chi connectivity index (χ0n) is 13.1. The van der Waals surface area contributed by atoms with Crippen LogP contribution >= 0.6 is 0 Å². The number of nitrogens with zero attached hydrogens (tertiary/aromatic N) is 1. The van der Waals surface area contributed by atoms with Crippen molar-refractivity contribution < 1.29 is 9.90 Å². The molecule has 2 aliphatic rings. The van der Waals surface area contributed by atoms with Crippen LogP contribution in [0.3, 0.4) is 0 Å². The minimum atomic E-state index is -0.823. The second-order valence-electron chi connectivity index (χ2n) is 7.12. The van der Waals surface area contributed by atoms with Crippen LogP contribution in [0.1, 0.15) is 50.7 Å². The molecule has 0 radical (unpaired) electrons. The summed E-state index contributed by atoms with van der Waals surface area (Å²) < 4.78 is 0. The molecule has 0 amide bonds. The van der Waals surface area contributed by atoms with Gasteiger partial charge in [0.25, 0.3) is 0 Å². The number of carboxylic acids is 1. The van der Waals surface area contributed by atoms with Gasteiger partial charge in [-0.25, -0.2) is 0 Å². The third-order valence-corrected chi connectivity index (χ3v) is 5.29. The number of aliphatic carboxylic acids is 1. The summed E-state index contributed by atoms with van der Waals surface area (Å²) in [5.41, 5.74) is 2.73. The molecule has 1 N–H and O–H groups in total. The van der Waals surface area contributed by atoms with Crippen LogP contribution in [0.4, 0.5) is 5.69 Å². The van der Waals surface area contributed by atoms with Gasteiger partial charge in [-0.05, 0) is 56.2 Å². The largest absolute Gasteiger partial charge is 0.481 e. The van der Waals surface area contributed by atoms with Gasteiger partial charge in [-0.1, -0.05) is 25.0 Å². The van der Waals surface area contributed by atoms with Crippen molar-refractivity contribution in [2.24, 2.45) is 5.92 Å². The van der Waals surface area contributed by atoms with E-state index in [1.54, 1.807) is 13.8 Å². The zero-order valence-corrected chi connectivity index (χ0v) is 13.1. The highest BCUT2D eigenvalue weighted by Gasteiger charge is 2.32. The second-order valence-corrected chi connectivity index (χ2v) is 7.12. The molecule has 1 aromatic carbocycles. The standard InChI is InChI=1S/C18H25NO2/c1-18(2,17(20)21)15-8-7-14-9-10-19(16(14)11-15)12-13-5-3-4-6-13/h7-8,11,13H,3-6,9-10,12H2,1-2H3,(H,20,21). The first-order chi connectivity index (χ1) is 9.98. The smallest absolute Gasteiger partial charge is 0.313 e. The predicted octanol–water partition coefficient (Wildman–Crippen LogP) is 3.60. The van der Waals surface area contributed by atoms with Gasteiger partial charge in [-0.15, -0.1) is 0 Å². The third-order valence-electron chi connectivity index (χ3n) is 5.29. The van der Waals surface area contributed by atoms with Crippen LogP contribution in [-0.4, -0.2) is 24.2 Å². The van der Waals surface area contributed by atoms with Crippen molar-refractivity contribution in [2.75, 3.05) is 18.0 Å². The molecule has 0 spiro atoms. The number of hydrogen-bond donors (Lipinski definition) is 1. The summed E-state index contributed by atoms with van der Waals surface area (Å²) in [6.45, 7) is 5.80. The molecular weight excluding hydrogens is 262 g/mol. The summed E-state index contributed by atoms with van der Waals surface area (Å²) in [5, 5.41) is 9.43. The lowest BCUT2D eigenvalue weighted by Gasteiger charge is -2.26. The number of anilines is 1. The van der Waals surface area contributed by atoms with E-state index in [0.717, 1.165) is 31.0 Å². The summed E-state index contributed by atoms with van der Waals surface area (Å²) in [6, 6.07) is 6.24. The summed E-state index contributed by atoms with van der Waals surface area (Å²) in [4.78, 5) is 13.9. The number of hydrogen-bond acceptors (Lipinski definition) is 2. The minimum Gasteiger partial charge on any atom is -0.481 e. The molecule has 0 aromatic heterocycles. The van der Waals surface area contributed by atoms with Gasteiger partial charge >= 0.3 is 5.97 Å². The lowest BCUT2D eigenvalue weighted by Crippen LogP contribution is -2.29. The number of rotatable bonds is 4. The molecule has 1 saturated carbocycles. The molecule has 1 aliphatic heterocycles. The van der Waals surface area contributed by atoms with Gasteiger partial charge in [-0.2, -0.15) is 0 Å². The van der Waals surface area contributed by atoms with Gasteiger partial charge in [0.1, 0.15) is 0 Å². The second kappa shape index (κ2) is 5.36. The van der Waals surface area contributed by atoms with Crippen molar-refractivity contribution in [3.63, 3.8) is 0 Å². The molecule has 3 rings (SSSR count). The molecular formula is C18H25NO2. The van der Waals surface area contributed by atoms with E-state index in [1.807, 2.05) is 6.07 Å². The molecule has 114 valence electrons. The Morgan fingerprint density at radius 2 is 2.05 bits per heavy atom.